The molecule has 0 bridgehead atoms. The average Bonchev–Trinajstić information content (AvgIpc) is 1.99. The fourth-order valence-electron chi connectivity index (χ4n) is 1.39. The number of thiol groups is 1. The molecular weight excluding hydrogens is 140 g/mol. The average molecular weight is 160 g/mol. The minimum absolute atomic E-state index is 0.886. The lowest BCUT2D eigenvalue weighted by Gasteiger charge is -2.19. The first kappa shape index (κ1) is 10.3. The standard InChI is InChI=1S/C9H20S/c1-4-8(3)9(5-2)6-7-10/h8-10H,4-7H2,1-3H3. The Morgan fingerprint density at radius 3 is 2.10 bits per heavy atom. The predicted molar refractivity (Wildman–Crippen MR) is 51.7 cm³/mol. The molecular formula is C9H20S. The predicted octanol–water partition coefficient (Wildman–Crippen LogP) is 3.38. The molecule has 0 heterocycles. The monoisotopic (exact) mass is 160 g/mol. The molecule has 1 heteroatoms. The Labute approximate surface area is 70.8 Å². The van der Waals surface area contributed by atoms with E-state index in [0.29, 0.717) is 0 Å². The maximum Gasteiger partial charge on any atom is -0.00952 e. The Balaban J connectivity index is 3.56. The van der Waals surface area contributed by atoms with Crippen LogP contribution in [0.25, 0.3) is 0 Å². The molecule has 10 heavy (non-hydrogen) atoms. The summed E-state index contributed by atoms with van der Waals surface area (Å²) in [5, 5.41) is 0. The number of rotatable bonds is 5. The Hall–Kier alpha value is 0.350. The topological polar surface area (TPSA) is 0 Å². The minimum Gasteiger partial charge on any atom is -0.179 e. The van der Waals surface area contributed by atoms with E-state index >= 15 is 0 Å². The SMILES string of the molecule is CCC(C)C(CC)CCS. The minimum atomic E-state index is 0.886. The van der Waals surface area contributed by atoms with Gasteiger partial charge >= 0.3 is 0 Å². The second-order valence-electron chi connectivity index (χ2n) is 3.07. The molecule has 0 aromatic rings. The highest BCUT2D eigenvalue weighted by molar-refractivity contribution is 7.80. The summed E-state index contributed by atoms with van der Waals surface area (Å²) in [6, 6.07) is 0. The van der Waals surface area contributed by atoms with Crippen molar-refractivity contribution in [3.8, 4) is 0 Å². The summed E-state index contributed by atoms with van der Waals surface area (Å²) in [7, 11) is 0. The molecule has 0 aliphatic heterocycles. The van der Waals surface area contributed by atoms with Gasteiger partial charge in [-0.3, -0.25) is 0 Å². The third-order valence-corrected chi connectivity index (χ3v) is 2.73. The van der Waals surface area contributed by atoms with Crippen LogP contribution in [0, 0.1) is 11.8 Å². The fourth-order valence-corrected chi connectivity index (χ4v) is 1.72. The van der Waals surface area contributed by atoms with Crippen LogP contribution >= 0.6 is 12.6 Å². The molecule has 0 rings (SSSR count). The van der Waals surface area contributed by atoms with Crippen LogP contribution in [-0.4, -0.2) is 5.75 Å². The van der Waals surface area contributed by atoms with Crippen molar-refractivity contribution in [3.05, 3.63) is 0 Å². The van der Waals surface area contributed by atoms with Crippen molar-refractivity contribution in [2.24, 2.45) is 11.8 Å². The molecule has 0 saturated heterocycles. The van der Waals surface area contributed by atoms with Crippen molar-refractivity contribution < 1.29 is 0 Å². The third-order valence-electron chi connectivity index (χ3n) is 2.47. The first-order valence-electron chi connectivity index (χ1n) is 4.37. The Bertz CT molecular complexity index is 71.1. The molecule has 0 aromatic heterocycles. The first-order chi connectivity index (χ1) is 4.76. The molecule has 0 fully saturated rings. The first-order valence-corrected chi connectivity index (χ1v) is 5.00. The summed E-state index contributed by atoms with van der Waals surface area (Å²) < 4.78 is 0. The summed E-state index contributed by atoms with van der Waals surface area (Å²) in [4.78, 5) is 0. The lowest BCUT2D eigenvalue weighted by atomic mass is 9.88. The number of hydrogen-bond donors (Lipinski definition) is 1. The van der Waals surface area contributed by atoms with E-state index in [2.05, 4.69) is 33.4 Å². The van der Waals surface area contributed by atoms with Crippen molar-refractivity contribution in [3.63, 3.8) is 0 Å². The fraction of sp³-hybridized carbons (Fsp3) is 1.00. The molecule has 0 nitrogen and oxygen atoms in total. The quantitative estimate of drug-likeness (QED) is 0.586. The van der Waals surface area contributed by atoms with Gasteiger partial charge < -0.3 is 0 Å². The zero-order chi connectivity index (χ0) is 7.98. The molecule has 0 radical (unpaired) electrons. The highest BCUT2D eigenvalue weighted by atomic mass is 32.1. The van der Waals surface area contributed by atoms with Gasteiger partial charge in [0.1, 0.15) is 0 Å². The zero-order valence-electron chi connectivity index (χ0n) is 7.43. The van der Waals surface area contributed by atoms with E-state index in [4.69, 9.17) is 0 Å². The van der Waals surface area contributed by atoms with Crippen LogP contribution in [0.4, 0.5) is 0 Å². The van der Waals surface area contributed by atoms with Gasteiger partial charge in [-0.25, -0.2) is 0 Å². The van der Waals surface area contributed by atoms with Gasteiger partial charge in [-0.05, 0) is 24.0 Å². The van der Waals surface area contributed by atoms with Gasteiger partial charge in [-0.15, -0.1) is 0 Å². The lowest BCUT2D eigenvalue weighted by molar-refractivity contribution is 0.331. The van der Waals surface area contributed by atoms with E-state index in [1.54, 1.807) is 0 Å². The third kappa shape index (κ3) is 3.50. The summed E-state index contributed by atoms with van der Waals surface area (Å²) in [5.41, 5.74) is 0. The number of hydrogen-bond acceptors (Lipinski definition) is 1. The largest absolute Gasteiger partial charge is 0.179 e. The Morgan fingerprint density at radius 1 is 1.20 bits per heavy atom. The van der Waals surface area contributed by atoms with Crippen molar-refractivity contribution in [2.45, 2.75) is 40.0 Å². The van der Waals surface area contributed by atoms with Crippen LogP contribution in [0.1, 0.15) is 40.0 Å². The summed E-state index contributed by atoms with van der Waals surface area (Å²) in [6.07, 6.45) is 3.91. The molecule has 0 aromatic carbocycles. The molecule has 0 saturated carbocycles. The van der Waals surface area contributed by atoms with Crippen molar-refractivity contribution in [1.29, 1.82) is 0 Å². The van der Waals surface area contributed by atoms with E-state index in [9.17, 15) is 0 Å². The molecule has 2 unspecified atom stereocenters. The van der Waals surface area contributed by atoms with Gasteiger partial charge in [0, 0.05) is 0 Å². The van der Waals surface area contributed by atoms with Crippen molar-refractivity contribution in [2.75, 3.05) is 5.75 Å². The van der Waals surface area contributed by atoms with Crippen LogP contribution in [0.15, 0.2) is 0 Å². The molecule has 0 N–H and O–H groups in total. The maximum atomic E-state index is 4.25. The van der Waals surface area contributed by atoms with Gasteiger partial charge in [0.05, 0.1) is 0 Å². The molecule has 0 amide bonds. The second-order valence-corrected chi connectivity index (χ2v) is 3.51. The molecule has 2 atom stereocenters. The summed E-state index contributed by atoms with van der Waals surface area (Å²) in [6.45, 7) is 6.89. The van der Waals surface area contributed by atoms with E-state index in [0.717, 1.165) is 17.6 Å². The smallest absolute Gasteiger partial charge is 0.00952 e. The molecule has 0 aliphatic rings. The van der Waals surface area contributed by atoms with Crippen LogP contribution in [-0.2, 0) is 0 Å². The van der Waals surface area contributed by atoms with E-state index < -0.39 is 0 Å². The van der Waals surface area contributed by atoms with Gasteiger partial charge in [0.2, 0.25) is 0 Å². The van der Waals surface area contributed by atoms with E-state index in [1.165, 1.54) is 19.3 Å². The Kier molecular flexibility index (Phi) is 6.30. The van der Waals surface area contributed by atoms with E-state index in [1.807, 2.05) is 0 Å². The van der Waals surface area contributed by atoms with Crippen LogP contribution < -0.4 is 0 Å². The van der Waals surface area contributed by atoms with Crippen molar-refractivity contribution >= 4 is 12.6 Å². The van der Waals surface area contributed by atoms with Gasteiger partial charge in [0.25, 0.3) is 0 Å². The van der Waals surface area contributed by atoms with Crippen LogP contribution in [0.3, 0.4) is 0 Å². The highest BCUT2D eigenvalue weighted by Gasteiger charge is 2.11. The van der Waals surface area contributed by atoms with Crippen LogP contribution in [0.5, 0.6) is 0 Å². The highest BCUT2D eigenvalue weighted by Crippen LogP contribution is 2.22. The summed E-state index contributed by atoms with van der Waals surface area (Å²) in [5.74, 6) is 2.84. The van der Waals surface area contributed by atoms with Crippen molar-refractivity contribution in [1.82, 2.24) is 0 Å². The molecule has 62 valence electrons. The normalized spacial score (nSPS) is 16.8. The van der Waals surface area contributed by atoms with Gasteiger partial charge in [-0.1, -0.05) is 33.6 Å². The summed E-state index contributed by atoms with van der Waals surface area (Å²) >= 11 is 4.25. The van der Waals surface area contributed by atoms with E-state index in [-0.39, 0.29) is 0 Å². The second kappa shape index (κ2) is 6.09. The molecule has 0 aliphatic carbocycles. The van der Waals surface area contributed by atoms with Gasteiger partial charge in [-0.2, -0.15) is 12.6 Å². The zero-order valence-corrected chi connectivity index (χ0v) is 8.32. The maximum absolute atomic E-state index is 4.25. The Morgan fingerprint density at radius 2 is 1.80 bits per heavy atom. The van der Waals surface area contributed by atoms with Crippen LogP contribution in [0.2, 0.25) is 0 Å². The lowest BCUT2D eigenvalue weighted by Crippen LogP contribution is -2.10. The van der Waals surface area contributed by atoms with Gasteiger partial charge in [0.15, 0.2) is 0 Å². The molecule has 0 spiro atoms.